The fourth-order valence-corrected chi connectivity index (χ4v) is 3.14. The molecule has 0 saturated heterocycles. The highest BCUT2D eigenvalue weighted by atomic mass is 32.2. The molecule has 1 saturated carbocycles. The van der Waals surface area contributed by atoms with Crippen LogP contribution < -0.4 is 0 Å². The summed E-state index contributed by atoms with van der Waals surface area (Å²) >= 11 is 1.88. The van der Waals surface area contributed by atoms with Gasteiger partial charge in [-0.3, -0.25) is 0 Å². The van der Waals surface area contributed by atoms with Crippen molar-refractivity contribution in [1.29, 1.82) is 0 Å². The van der Waals surface area contributed by atoms with E-state index in [1.807, 2.05) is 11.9 Å². The van der Waals surface area contributed by atoms with Crippen LogP contribution in [0.5, 0.6) is 0 Å². The van der Waals surface area contributed by atoms with Gasteiger partial charge in [0.05, 0.1) is 0 Å². The zero-order chi connectivity index (χ0) is 10.5. The van der Waals surface area contributed by atoms with E-state index in [1.54, 1.807) is 0 Å². The van der Waals surface area contributed by atoms with Crippen molar-refractivity contribution in [2.75, 3.05) is 7.05 Å². The summed E-state index contributed by atoms with van der Waals surface area (Å²) in [5.74, 6) is 0. The Bertz CT molecular complexity index is 280. The Kier molecular flexibility index (Phi) is 4.09. The molecule has 1 aromatic rings. The molecule has 0 atom stereocenters. The zero-order valence-corrected chi connectivity index (χ0v) is 10.2. The molecule has 82 valence electrons. The van der Waals surface area contributed by atoms with Gasteiger partial charge in [0.15, 0.2) is 0 Å². The Morgan fingerprint density at radius 1 is 1.07 bits per heavy atom. The molecule has 1 aliphatic rings. The fraction of sp³-hybridized carbons (Fsp3) is 0.538. The summed E-state index contributed by atoms with van der Waals surface area (Å²) in [7, 11) is 2.23. The lowest BCUT2D eigenvalue weighted by Gasteiger charge is -2.29. The standard InChI is InChI=1S/C13H19NS/c1-14(12-8-4-2-5-9-12)15-13-10-6-3-7-11-13/h3,6-7,10-12H,2,4-5,8-9H2,1H3. The van der Waals surface area contributed by atoms with E-state index in [-0.39, 0.29) is 0 Å². The van der Waals surface area contributed by atoms with Gasteiger partial charge in [0.2, 0.25) is 0 Å². The van der Waals surface area contributed by atoms with Crippen LogP contribution in [0.2, 0.25) is 0 Å². The highest BCUT2D eigenvalue weighted by Crippen LogP contribution is 2.29. The van der Waals surface area contributed by atoms with E-state index >= 15 is 0 Å². The Morgan fingerprint density at radius 2 is 1.73 bits per heavy atom. The summed E-state index contributed by atoms with van der Waals surface area (Å²) in [5.41, 5.74) is 0. The Morgan fingerprint density at radius 3 is 2.40 bits per heavy atom. The summed E-state index contributed by atoms with van der Waals surface area (Å²) in [6, 6.07) is 11.4. The van der Waals surface area contributed by atoms with Crippen LogP contribution in [0, 0.1) is 0 Å². The predicted octanol–water partition coefficient (Wildman–Crippen LogP) is 3.96. The largest absolute Gasteiger partial charge is 0.246 e. The first-order valence-electron chi connectivity index (χ1n) is 5.82. The number of hydrogen-bond acceptors (Lipinski definition) is 2. The van der Waals surface area contributed by atoms with Crippen molar-refractivity contribution in [2.45, 2.75) is 43.0 Å². The lowest BCUT2D eigenvalue weighted by atomic mass is 9.96. The van der Waals surface area contributed by atoms with E-state index in [4.69, 9.17) is 0 Å². The van der Waals surface area contributed by atoms with Gasteiger partial charge in [0.1, 0.15) is 0 Å². The van der Waals surface area contributed by atoms with E-state index in [9.17, 15) is 0 Å². The average Bonchev–Trinajstić information content (AvgIpc) is 2.31. The Balaban J connectivity index is 1.88. The first-order valence-corrected chi connectivity index (χ1v) is 6.59. The van der Waals surface area contributed by atoms with Crippen LogP contribution in [0.1, 0.15) is 32.1 Å². The van der Waals surface area contributed by atoms with Gasteiger partial charge < -0.3 is 0 Å². The summed E-state index contributed by atoms with van der Waals surface area (Å²) in [6.45, 7) is 0. The van der Waals surface area contributed by atoms with Crippen LogP contribution in [-0.4, -0.2) is 17.4 Å². The van der Waals surface area contributed by atoms with Gasteiger partial charge in [0, 0.05) is 10.9 Å². The van der Waals surface area contributed by atoms with Crippen LogP contribution in [0.25, 0.3) is 0 Å². The monoisotopic (exact) mass is 221 g/mol. The molecule has 0 amide bonds. The fourth-order valence-electron chi connectivity index (χ4n) is 2.17. The second-order valence-electron chi connectivity index (χ2n) is 4.24. The van der Waals surface area contributed by atoms with E-state index in [2.05, 4.69) is 41.7 Å². The van der Waals surface area contributed by atoms with Crippen molar-refractivity contribution in [3.05, 3.63) is 30.3 Å². The zero-order valence-electron chi connectivity index (χ0n) is 9.36. The molecule has 0 unspecified atom stereocenters. The highest BCUT2D eigenvalue weighted by molar-refractivity contribution is 7.97. The first-order chi connectivity index (χ1) is 7.36. The molecule has 2 rings (SSSR count). The van der Waals surface area contributed by atoms with Crippen molar-refractivity contribution in [2.24, 2.45) is 0 Å². The quantitative estimate of drug-likeness (QED) is 0.711. The van der Waals surface area contributed by atoms with E-state index in [0.717, 1.165) is 6.04 Å². The van der Waals surface area contributed by atoms with Gasteiger partial charge in [0.25, 0.3) is 0 Å². The van der Waals surface area contributed by atoms with E-state index in [1.165, 1.54) is 37.0 Å². The van der Waals surface area contributed by atoms with Crippen molar-refractivity contribution in [3.8, 4) is 0 Å². The maximum Gasteiger partial charge on any atom is 0.0230 e. The molecule has 0 bridgehead atoms. The SMILES string of the molecule is CN(Sc1ccccc1)C1CCCCC1. The predicted molar refractivity (Wildman–Crippen MR) is 66.9 cm³/mol. The van der Waals surface area contributed by atoms with Gasteiger partial charge >= 0.3 is 0 Å². The molecule has 0 N–H and O–H groups in total. The molecule has 0 radical (unpaired) electrons. The van der Waals surface area contributed by atoms with Crippen LogP contribution in [0.15, 0.2) is 35.2 Å². The molecular formula is C13H19NS. The van der Waals surface area contributed by atoms with Gasteiger partial charge in [-0.25, -0.2) is 4.31 Å². The van der Waals surface area contributed by atoms with E-state index < -0.39 is 0 Å². The normalized spacial score (nSPS) is 18.3. The minimum Gasteiger partial charge on any atom is -0.246 e. The Hall–Kier alpha value is -0.470. The minimum atomic E-state index is 0.781. The van der Waals surface area contributed by atoms with Crippen molar-refractivity contribution in [1.82, 2.24) is 4.31 Å². The molecule has 0 heterocycles. The number of rotatable bonds is 3. The summed E-state index contributed by atoms with van der Waals surface area (Å²) in [6.07, 6.45) is 6.99. The molecule has 1 fully saturated rings. The smallest absolute Gasteiger partial charge is 0.0230 e. The second-order valence-corrected chi connectivity index (χ2v) is 5.47. The van der Waals surface area contributed by atoms with Gasteiger partial charge in [-0.2, -0.15) is 0 Å². The number of hydrogen-bond donors (Lipinski definition) is 0. The van der Waals surface area contributed by atoms with Crippen molar-refractivity contribution in [3.63, 3.8) is 0 Å². The average molecular weight is 221 g/mol. The molecule has 0 aliphatic heterocycles. The third-order valence-corrected chi connectivity index (χ3v) is 4.15. The lowest BCUT2D eigenvalue weighted by molar-refractivity contribution is 0.305. The second kappa shape index (κ2) is 5.57. The molecule has 0 aromatic heterocycles. The van der Waals surface area contributed by atoms with Crippen LogP contribution in [0.3, 0.4) is 0 Å². The lowest BCUT2D eigenvalue weighted by Crippen LogP contribution is -2.27. The first kappa shape index (κ1) is 11.0. The summed E-state index contributed by atoms with van der Waals surface area (Å²) in [5, 5.41) is 0. The van der Waals surface area contributed by atoms with Crippen molar-refractivity contribution < 1.29 is 0 Å². The highest BCUT2D eigenvalue weighted by Gasteiger charge is 2.18. The van der Waals surface area contributed by atoms with E-state index in [0.29, 0.717) is 0 Å². The van der Waals surface area contributed by atoms with Gasteiger partial charge in [-0.1, -0.05) is 37.5 Å². The van der Waals surface area contributed by atoms with Gasteiger partial charge in [-0.15, -0.1) is 0 Å². The topological polar surface area (TPSA) is 3.24 Å². The van der Waals surface area contributed by atoms with Crippen LogP contribution >= 0.6 is 11.9 Å². The third kappa shape index (κ3) is 3.25. The number of benzene rings is 1. The molecule has 1 aliphatic carbocycles. The maximum absolute atomic E-state index is 2.44. The van der Waals surface area contributed by atoms with Gasteiger partial charge in [-0.05, 0) is 44.0 Å². The molecular weight excluding hydrogens is 202 g/mol. The third-order valence-electron chi connectivity index (χ3n) is 3.08. The van der Waals surface area contributed by atoms with Crippen LogP contribution in [0.4, 0.5) is 0 Å². The van der Waals surface area contributed by atoms with Crippen molar-refractivity contribution >= 4 is 11.9 Å². The summed E-state index contributed by atoms with van der Waals surface area (Å²) < 4.78 is 2.44. The Labute approximate surface area is 97.0 Å². The molecule has 0 spiro atoms. The number of nitrogens with zero attached hydrogens (tertiary/aromatic N) is 1. The molecule has 1 aromatic carbocycles. The summed E-state index contributed by atoms with van der Waals surface area (Å²) in [4.78, 5) is 1.35. The molecule has 2 heteroatoms. The molecule has 15 heavy (non-hydrogen) atoms. The minimum absolute atomic E-state index is 0.781. The maximum atomic E-state index is 2.44. The molecule has 1 nitrogen and oxygen atoms in total. The van der Waals surface area contributed by atoms with Crippen LogP contribution in [-0.2, 0) is 0 Å².